The number of alkyl halides is 2. The quantitative estimate of drug-likeness (QED) is 0.596. The van der Waals surface area contributed by atoms with E-state index in [0.29, 0.717) is 30.0 Å². The fourth-order valence-corrected chi connectivity index (χ4v) is 1.97. The second-order valence-electron chi connectivity index (χ2n) is 5.34. The number of nitrogens with zero attached hydrogens (tertiary/aromatic N) is 2. The molecule has 24 heavy (non-hydrogen) atoms. The van der Waals surface area contributed by atoms with Gasteiger partial charge in [0.05, 0.1) is 5.70 Å². The Morgan fingerprint density at radius 1 is 1.46 bits per heavy atom. The lowest BCUT2D eigenvalue weighted by molar-refractivity contribution is -0.112. The molecule has 0 aromatic carbocycles. The number of allylic oxidation sites excluding steroid dienone is 4. The molecule has 0 amide bonds. The van der Waals surface area contributed by atoms with Crippen molar-refractivity contribution in [1.82, 2.24) is 10.2 Å². The first-order chi connectivity index (χ1) is 11.3. The lowest BCUT2D eigenvalue weighted by Crippen LogP contribution is -2.22. The molecule has 0 aromatic rings. The van der Waals surface area contributed by atoms with Gasteiger partial charge in [0.1, 0.15) is 24.0 Å². The second-order valence-corrected chi connectivity index (χ2v) is 5.34. The van der Waals surface area contributed by atoms with E-state index in [2.05, 4.69) is 5.32 Å². The number of ether oxygens (including phenoxy) is 1. The molecule has 1 aliphatic heterocycles. The monoisotopic (exact) mass is 337 g/mol. The fourth-order valence-electron chi connectivity index (χ4n) is 1.97. The number of carbonyl (C=O) groups is 1. The molecule has 5 nitrogen and oxygen atoms in total. The van der Waals surface area contributed by atoms with Crippen molar-refractivity contribution in [3.05, 3.63) is 47.0 Å². The molecular formula is C17H21F2N3O2. The number of nitrogens with one attached hydrogen (secondary N) is 1. The van der Waals surface area contributed by atoms with Crippen LogP contribution < -0.4 is 5.32 Å². The SMILES string of the molecule is CC1=C/CN/C(C(=O)/C(C#N)=C/N(C)C)=C\C/C=C\1OCC(F)F. The molecule has 0 fully saturated rings. The van der Waals surface area contributed by atoms with E-state index in [0.717, 1.165) is 0 Å². The Balaban J connectivity index is 2.96. The average Bonchev–Trinajstić information content (AvgIpc) is 2.60. The Bertz CT molecular complexity index is 626. The standard InChI is InChI=1S/C17H21F2N3O2/c1-12-7-8-21-14(17(23)13(9-20)10-22(2)3)5-4-6-15(12)24-11-16(18)19/h5-7,10,16,21H,4,8,11H2,1-3H3/b12-7-,13-10+,14-5-,15-6+. The Kier molecular flexibility index (Phi) is 7.69. The summed E-state index contributed by atoms with van der Waals surface area (Å²) in [5, 5.41) is 12.1. The summed E-state index contributed by atoms with van der Waals surface area (Å²) in [6, 6.07) is 1.88. The molecule has 1 aliphatic rings. The molecule has 7 heteroatoms. The number of Topliss-reactive ketones (excluding diaryl/α,β-unsaturated/α-hetero) is 1. The zero-order valence-corrected chi connectivity index (χ0v) is 14.0. The minimum atomic E-state index is -2.55. The highest BCUT2D eigenvalue weighted by atomic mass is 19.3. The van der Waals surface area contributed by atoms with Crippen LogP contribution in [0, 0.1) is 11.3 Å². The molecule has 0 aromatic heterocycles. The molecule has 0 saturated heterocycles. The topological polar surface area (TPSA) is 65.4 Å². The van der Waals surface area contributed by atoms with Gasteiger partial charge in [0.15, 0.2) is 0 Å². The van der Waals surface area contributed by atoms with Crippen LogP contribution in [0.5, 0.6) is 0 Å². The zero-order valence-electron chi connectivity index (χ0n) is 14.0. The Hall–Kier alpha value is -2.62. The van der Waals surface area contributed by atoms with Gasteiger partial charge in [0, 0.05) is 26.8 Å². The van der Waals surface area contributed by atoms with Gasteiger partial charge in [-0.3, -0.25) is 4.79 Å². The van der Waals surface area contributed by atoms with Gasteiger partial charge in [-0.05, 0) is 25.0 Å². The Labute approximate surface area is 140 Å². The summed E-state index contributed by atoms with van der Waals surface area (Å²) in [4.78, 5) is 14.0. The van der Waals surface area contributed by atoms with E-state index < -0.39 is 18.8 Å². The number of nitriles is 1. The molecule has 1 rings (SSSR count). The maximum Gasteiger partial charge on any atom is 0.272 e. The summed E-state index contributed by atoms with van der Waals surface area (Å²) < 4.78 is 29.7. The lowest BCUT2D eigenvalue weighted by atomic mass is 10.1. The molecule has 0 radical (unpaired) electrons. The van der Waals surface area contributed by atoms with Crippen molar-refractivity contribution in [1.29, 1.82) is 5.26 Å². The van der Waals surface area contributed by atoms with Crippen LogP contribution in [0.3, 0.4) is 0 Å². The van der Waals surface area contributed by atoms with Crippen molar-refractivity contribution in [2.45, 2.75) is 19.8 Å². The van der Waals surface area contributed by atoms with Gasteiger partial charge in [-0.15, -0.1) is 0 Å². The van der Waals surface area contributed by atoms with Crippen LogP contribution in [0.2, 0.25) is 0 Å². The van der Waals surface area contributed by atoms with Crippen molar-refractivity contribution >= 4 is 5.78 Å². The number of hydrogen-bond acceptors (Lipinski definition) is 5. The molecule has 0 aliphatic carbocycles. The molecule has 1 N–H and O–H groups in total. The van der Waals surface area contributed by atoms with E-state index in [1.807, 2.05) is 6.07 Å². The van der Waals surface area contributed by atoms with Crippen LogP contribution in [0.15, 0.2) is 47.0 Å². The highest BCUT2D eigenvalue weighted by Gasteiger charge is 2.16. The largest absolute Gasteiger partial charge is 0.488 e. The number of halogens is 2. The van der Waals surface area contributed by atoms with Crippen molar-refractivity contribution in [3.63, 3.8) is 0 Å². The van der Waals surface area contributed by atoms with Crippen LogP contribution in [-0.4, -0.2) is 44.4 Å². The van der Waals surface area contributed by atoms with E-state index in [4.69, 9.17) is 10.00 Å². The first-order valence-corrected chi connectivity index (χ1v) is 7.40. The lowest BCUT2D eigenvalue weighted by Gasteiger charge is -2.10. The molecule has 0 atom stereocenters. The van der Waals surface area contributed by atoms with Gasteiger partial charge in [0.25, 0.3) is 6.43 Å². The first kappa shape index (κ1) is 19.4. The number of ketones is 1. The third-order valence-electron chi connectivity index (χ3n) is 3.08. The van der Waals surface area contributed by atoms with Gasteiger partial charge in [-0.2, -0.15) is 5.26 Å². The normalized spacial score (nSPS) is 22.2. The van der Waals surface area contributed by atoms with E-state index >= 15 is 0 Å². The summed E-state index contributed by atoms with van der Waals surface area (Å²) in [5.41, 5.74) is 1.01. The van der Waals surface area contributed by atoms with Crippen LogP contribution in [0.1, 0.15) is 13.3 Å². The summed E-state index contributed by atoms with van der Waals surface area (Å²) in [7, 11) is 3.44. The van der Waals surface area contributed by atoms with Crippen LogP contribution in [0.4, 0.5) is 8.78 Å². The smallest absolute Gasteiger partial charge is 0.272 e. The van der Waals surface area contributed by atoms with E-state index in [-0.39, 0.29) is 5.57 Å². The predicted octanol–water partition coefficient (Wildman–Crippen LogP) is 2.51. The number of hydrogen-bond donors (Lipinski definition) is 1. The van der Waals surface area contributed by atoms with Crippen molar-refractivity contribution in [2.24, 2.45) is 0 Å². The van der Waals surface area contributed by atoms with Crippen LogP contribution >= 0.6 is 0 Å². The molecular weight excluding hydrogens is 316 g/mol. The number of rotatable bonds is 6. The van der Waals surface area contributed by atoms with E-state index in [9.17, 15) is 13.6 Å². The van der Waals surface area contributed by atoms with Crippen molar-refractivity contribution in [3.8, 4) is 6.07 Å². The third-order valence-corrected chi connectivity index (χ3v) is 3.08. The molecule has 0 saturated carbocycles. The van der Waals surface area contributed by atoms with Crippen molar-refractivity contribution < 1.29 is 18.3 Å². The van der Waals surface area contributed by atoms with Crippen LogP contribution in [-0.2, 0) is 9.53 Å². The van der Waals surface area contributed by atoms with Crippen molar-refractivity contribution in [2.75, 3.05) is 27.2 Å². The molecule has 0 bridgehead atoms. The minimum Gasteiger partial charge on any atom is -0.488 e. The maximum atomic E-state index is 12.4. The molecule has 130 valence electrons. The third kappa shape index (κ3) is 6.24. The molecule has 0 spiro atoms. The van der Waals surface area contributed by atoms with Gasteiger partial charge in [0.2, 0.25) is 5.78 Å². The van der Waals surface area contributed by atoms with Gasteiger partial charge >= 0.3 is 0 Å². The van der Waals surface area contributed by atoms with E-state index in [1.54, 1.807) is 44.1 Å². The second kappa shape index (κ2) is 9.50. The summed E-state index contributed by atoms with van der Waals surface area (Å²) in [6.45, 7) is 1.39. The predicted molar refractivity (Wildman–Crippen MR) is 86.9 cm³/mol. The minimum absolute atomic E-state index is 0.0110. The summed E-state index contributed by atoms with van der Waals surface area (Å²) in [6.07, 6.45) is 4.21. The first-order valence-electron chi connectivity index (χ1n) is 7.40. The van der Waals surface area contributed by atoms with E-state index in [1.165, 1.54) is 6.20 Å². The highest BCUT2D eigenvalue weighted by molar-refractivity contribution is 6.10. The zero-order chi connectivity index (χ0) is 18.1. The van der Waals surface area contributed by atoms with Gasteiger partial charge in [-0.1, -0.05) is 12.2 Å². The number of carbonyl (C=O) groups excluding carboxylic acids is 1. The molecule has 0 unspecified atom stereocenters. The maximum absolute atomic E-state index is 12.4. The highest BCUT2D eigenvalue weighted by Crippen LogP contribution is 2.16. The molecule has 1 heterocycles. The summed E-state index contributed by atoms with van der Waals surface area (Å²) in [5.74, 6) is -0.0472. The average molecular weight is 337 g/mol. The van der Waals surface area contributed by atoms with Gasteiger partial charge in [-0.25, -0.2) is 8.78 Å². The summed E-state index contributed by atoms with van der Waals surface area (Å²) >= 11 is 0. The Morgan fingerprint density at radius 3 is 2.75 bits per heavy atom. The van der Waals surface area contributed by atoms with Crippen LogP contribution in [0.25, 0.3) is 0 Å². The fraction of sp³-hybridized carbons (Fsp3) is 0.412. The van der Waals surface area contributed by atoms with Gasteiger partial charge < -0.3 is 15.0 Å². The Morgan fingerprint density at radius 2 is 2.17 bits per heavy atom.